The molecule has 1 atom stereocenters. The van der Waals surface area contributed by atoms with Crippen molar-refractivity contribution in [2.24, 2.45) is 10.7 Å². The highest BCUT2D eigenvalue weighted by Gasteiger charge is 2.37. The first-order chi connectivity index (χ1) is 19.6. The topological polar surface area (TPSA) is 97.0 Å². The molecule has 2 amide bonds. The first-order valence-electron chi connectivity index (χ1n) is 14.0. The summed E-state index contributed by atoms with van der Waals surface area (Å²) in [5, 5.41) is 2.68. The van der Waals surface area contributed by atoms with Crippen LogP contribution in [0.1, 0.15) is 63.4 Å². The molecular formula is C33H34N4O3. The molecule has 0 radical (unpaired) electrons. The van der Waals surface area contributed by atoms with Gasteiger partial charge in [-0.1, -0.05) is 48.5 Å². The summed E-state index contributed by atoms with van der Waals surface area (Å²) in [6.45, 7) is 1.18. The number of nitrogens with zero attached hydrogens (tertiary/aromatic N) is 2. The number of hydrogen-bond donors (Lipinski definition) is 2. The van der Waals surface area contributed by atoms with Crippen LogP contribution >= 0.6 is 0 Å². The van der Waals surface area contributed by atoms with Gasteiger partial charge >= 0.3 is 6.09 Å². The first kappa shape index (κ1) is 26.0. The van der Waals surface area contributed by atoms with E-state index in [2.05, 4.69) is 28.3 Å². The molecule has 1 fully saturated rings. The Hall–Kier alpha value is -4.23. The van der Waals surface area contributed by atoms with E-state index in [9.17, 15) is 9.59 Å². The number of hydrogen-bond acceptors (Lipinski definition) is 5. The van der Waals surface area contributed by atoms with Gasteiger partial charge in [0, 0.05) is 42.7 Å². The fraction of sp³-hybridized carbons (Fsp3) is 0.303. The molecule has 0 saturated heterocycles. The number of allylic oxidation sites excluding steroid dienone is 1. The third-order valence-electron chi connectivity index (χ3n) is 8.22. The van der Waals surface area contributed by atoms with Crippen LogP contribution < -0.4 is 11.1 Å². The van der Waals surface area contributed by atoms with E-state index in [-0.39, 0.29) is 11.9 Å². The largest absolute Gasteiger partial charge is 0.453 e. The van der Waals surface area contributed by atoms with E-state index in [1.54, 1.807) is 0 Å². The zero-order valence-electron chi connectivity index (χ0n) is 22.7. The molecule has 3 aromatic carbocycles. The minimum atomic E-state index is -0.501. The number of aliphatic imine (C=N–C) groups is 1. The quantitative estimate of drug-likeness (QED) is 0.388. The van der Waals surface area contributed by atoms with Gasteiger partial charge in [0.15, 0.2) is 0 Å². The van der Waals surface area contributed by atoms with Crippen molar-refractivity contribution >= 4 is 29.0 Å². The standard InChI is InChI=1S/C33H34N4O3/c1-40-33(39)36-26-12-9-22(10-13-26)25-18-29(35-20-25)30(17-21-5-3-2-4-6-21)37-16-15-27-28(32(37)38)14-11-24(19-34)31(27)23-7-8-23/h2-6,9-14,20,23,30H,7-8,15-19,34H2,1H3,(H,36,39)/t30-/m0/s1. The van der Waals surface area contributed by atoms with Gasteiger partial charge in [-0.05, 0) is 83.2 Å². The van der Waals surface area contributed by atoms with Crippen LogP contribution in [0.5, 0.6) is 0 Å². The van der Waals surface area contributed by atoms with Gasteiger partial charge in [0.05, 0.1) is 13.2 Å². The fourth-order valence-corrected chi connectivity index (χ4v) is 6.04. The number of nitrogens with one attached hydrogen (secondary N) is 1. The number of carbonyl (C=O) groups excluding carboxylic acids is 2. The lowest BCUT2D eigenvalue weighted by Crippen LogP contribution is -2.49. The molecule has 6 rings (SSSR count). The second-order valence-corrected chi connectivity index (χ2v) is 10.7. The van der Waals surface area contributed by atoms with Gasteiger partial charge in [0.25, 0.3) is 5.91 Å². The number of carbonyl (C=O) groups is 2. The normalized spacial score (nSPS) is 17.1. The number of ether oxygens (including phenoxy) is 1. The highest BCUT2D eigenvalue weighted by Crippen LogP contribution is 2.45. The molecule has 7 heteroatoms. The average Bonchev–Trinajstić information content (AvgIpc) is 3.72. The number of nitrogens with two attached hydrogens (primary N) is 1. The van der Waals surface area contributed by atoms with Crippen LogP contribution in [0.4, 0.5) is 10.5 Å². The van der Waals surface area contributed by atoms with Crippen molar-refractivity contribution in [3.05, 3.63) is 106 Å². The molecule has 0 spiro atoms. The molecule has 0 unspecified atom stereocenters. The monoisotopic (exact) mass is 534 g/mol. The maximum absolute atomic E-state index is 14.1. The lowest BCUT2D eigenvalue weighted by molar-refractivity contribution is 0.0706. The fourth-order valence-electron chi connectivity index (χ4n) is 6.04. The third-order valence-corrected chi connectivity index (χ3v) is 8.22. The summed E-state index contributed by atoms with van der Waals surface area (Å²) in [4.78, 5) is 32.5. The van der Waals surface area contributed by atoms with Crippen LogP contribution in [0.2, 0.25) is 0 Å². The van der Waals surface area contributed by atoms with Gasteiger partial charge in [0.1, 0.15) is 0 Å². The van der Waals surface area contributed by atoms with Crippen molar-refractivity contribution in [3.63, 3.8) is 0 Å². The number of methoxy groups -OCH3 is 1. The Kier molecular flexibility index (Phi) is 7.22. The number of fused-ring (bicyclic) bond motifs is 1. The van der Waals surface area contributed by atoms with E-state index >= 15 is 0 Å². The van der Waals surface area contributed by atoms with Crippen molar-refractivity contribution in [2.45, 2.75) is 50.6 Å². The maximum Gasteiger partial charge on any atom is 0.411 e. The van der Waals surface area contributed by atoms with Gasteiger partial charge in [0.2, 0.25) is 0 Å². The Morgan fingerprint density at radius 2 is 1.88 bits per heavy atom. The van der Waals surface area contributed by atoms with Crippen LogP contribution in [0.15, 0.2) is 77.9 Å². The average molecular weight is 535 g/mol. The van der Waals surface area contributed by atoms with Crippen LogP contribution in [0, 0.1) is 0 Å². The molecule has 3 aromatic rings. The molecule has 7 nitrogen and oxygen atoms in total. The highest BCUT2D eigenvalue weighted by molar-refractivity contribution is 6.06. The molecule has 0 aromatic heterocycles. The van der Waals surface area contributed by atoms with Gasteiger partial charge in [-0.25, -0.2) is 4.79 Å². The maximum atomic E-state index is 14.1. The van der Waals surface area contributed by atoms with Crippen LogP contribution in [0.25, 0.3) is 5.57 Å². The summed E-state index contributed by atoms with van der Waals surface area (Å²) >= 11 is 0. The molecule has 1 aliphatic carbocycles. The van der Waals surface area contributed by atoms with Crippen molar-refractivity contribution < 1.29 is 14.3 Å². The van der Waals surface area contributed by atoms with E-state index in [0.717, 1.165) is 28.8 Å². The SMILES string of the molecule is COC(=O)Nc1ccc(C2=CN=C([C@H](Cc3ccccc3)N3CCc4c(ccc(CN)c4C4CC4)C3=O)C2)cc1. The first-order valence-corrected chi connectivity index (χ1v) is 14.0. The highest BCUT2D eigenvalue weighted by atomic mass is 16.5. The molecular weight excluding hydrogens is 500 g/mol. The van der Waals surface area contributed by atoms with Gasteiger partial charge in [-0.3, -0.25) is 15.1 Å². The summed E-state index contributed by atoms with van der Waals surface area (Å²) in [6, 6.07) is 21.9. The van der Waals surface area contributed by atoms with Crippen LogP contribution in [0.3, 0.4) is 0 Å². The molecule has 0 bridgehead atoms. The Bertz CT molecular complexity index is 1490. The summed E-state index contributed by atoms with van der Waals surface area (Å²) in [7, 11) is 1.34. The smallest absolute Gasteiger partial charge is 0.411 e. The summed E-state index contributed by atoms with van der Waals surface area (Å²) in [5.41, 5.74) is 15.6. The number of rotatable bonds is 8. The molecule has 2 aliphatic heterocycles. The second-order valence-electron chi connectivity index (χ2n) is 10.7. The van der Waals surface area contributed by atoms with Crippen LogP contribution in [-0.4, -0.2) is 42.3 Å². The zero-order chi connectivity index (χ0) is 27.6. The number of amides is 2. The molecule has 1 saturated carbocycles. The number of anilines is 1. The number of benzene rings is 3. The lowest BCUT2D eigenvalue weighted by atomic mass is 9.86. The molecule has 3 N–H and O–H groups in total. The van der Waals surface area contributed by atoms with Crippen molar-refractivity contribution in [3.8, 4) is 0 Å². The Balaban J connectivity index is 1.26. The summed E-state index contributed by atoms with van der Waals surface area (Å²) in [6.07, 6.45) is 5.99. The van der Waals surface area contributed by atoms with Crippen molar-refractivity contribution in [1.82, 2.24) is 4.90 Å². The van der Waals surface area contributed by atoms with Crippen LogP contribution in [-0.2, 0) is 24.1 Å². The van der Waals surface area contributed by atoms with E-state index in [0.29, 0.717) is 37.5 Å². The Morgan fingerprint density at radius 1 is 1.10 bits per heavy atom. The van der Waals surface area contributed by atoms with Gasteiger partial charge in [-0.2, -0.15) is 0 Å². The van der Waals surface area contributed by atoms with Crippen molar-refractivity contribution in [1.29, 1.82) is 0 Å². The van der Waals surface area contributed by atoms with Gasteiger partial charge < -0.3 is 15.4 Å². The van der Waals surface area contributed by atoms with Crippen molar-refractivity contribution in [2.75, 3.05) is 19.0 Å². The van der Waals surface area contributed by atoms with Gasteiger partial charge in [-0.15, -0.1) is 0 Å². The Labute approximate surface area is 234 Å². The molecule has 2 heterocycles. The Morgan fingerprint density at radius 3 is 2.58 bits per heavy atom. The minimum absolute atomic E-state index is 0.0852. The molecule has 40 heavy (non-hydrogen) atoms. The predicted molar refractivity (Wildman–Crippen MR) is 157 cm³/mol. The van der Waals surface area contributed by atoms with E-state index in [4.69, 9.17) is 10.7 Å². The lowest BCUT2D eigenvalue weighted by Gasteiger charge is -2.37. The predicted octanol–water partition coefficient (Wildman–Crippen LogP) is 5.70. The zero-order valence-corrected chi connectivity index (χ0v) is 22.7. The summed E-state index contributed by atoms with van der Waals surface area (Å²) in [5.74, 6) is 0.634. The van der Waals surface area contributed by atoms with E-state index < -0.39 is 6.09 Å². The van der Waals surface area contributed by atoms with E-state index in [1.165, 1.54) is 42.2 Å². The molecule has 3 aliphatic rings. The third kappa shape index (κ3) is 5.17. The van der Waals surface area contributed by atoms with E-state index in [1.807, 2.05) is 59.6 Å². The minimum Gasteiger partial charge on any atom is -0.453 e. The summed E-state index contributed by atoms with van der Waals surface area (Å²) < 4.78 is 4.68. The second kappa shape index (κ2) is 11.1. The molecule has 204 valence electrons.